The Labute approximate surface area is 273 Å². The number of benzene rings is 4. The van der Waals surface area contributed by atoms with Crippen LogP contribution in [-0.2, 0) is 22.4 Å². The molecule has 8 rings (SSSR count). The molecule has 0 saturated carbocycles. The Bertz CT molecular complexity index is 1970. The topological polar surface area (TPSA) is 93.5 Å². The van der Waals surface area contributed by atoms with Crippen molar-refractivity contribution >= 4 is 22.8 Å². The Kier molecular flexibility index (Phi) is 7.27. The van der Waals surface area contributed by atoms with E-state index in [0.29, 0.717) is 24.3 Å². The molecule has 9 nitrogen and oxygen atoms in total. The second-order valence-electron chi connectivity index (χ2n) is 12.6. The third-order valence-electron chi connectivity index (χ3n) is 10.3. The Morgan fingerprint density at radius 2 is 1.64 bits per heavy atom. The number of nitrogens with zero attached hydrogens (tertiary/aromatic N) is 3. The lowest BCUT2D eigenvalue weighted by Crippen LogP contribution is -2.68. The van der Waals surface area contributed by atoms with Crippen molar-refractivity contribution in [2.75, 3.05) is 34.7 Å². The molecule has 9 heteroatoms. The van der Waals surface area contributed by atoms with Crippen LogP contribution in [0.1, 0.15) is 39.9 Å². The number of hydrogen-bond donors (Lipinski definition) is 0. The minimum absolute atomic E-state index is 0.0184. The van der Waals surface area contributed by atoms with Crippen LogP contribution in [0, 0.1) is 11.3 Å². The Balaban J connectivity index is 1.15. The summed E-state index contributed by atoms with van der Waals surface area (Å²) in [4.78, 5) is 17.9. The molecular weight excluding hydrogens is 594 g/mol. The molecule has 0 aromatic heterocycles. The number of carbonyl (C=O) groups is 1. The maximum Gasteiger partial charge on any atom is 0.330 e. The fourth-order valence-electron chi connectivity index (χ4n) is 8.09. The van der Waals surface area contributed by atoms with Crippen LogP contribution in [0.4, 0.5) is 0 Å². The Morgan fingerprint density at radius 3 is 2.43 bits per heavy atom. The zero-order valence-corrected chi connectivity index (χ0v) is 26.5. The molecule has 0 aliphatic carbocycles. The van der Waals surface area contributed by atoms with E-state index in [1.807, 2.05) is 42.5 Å². The van der Waals surface area contributed by atoms with Gasteiger partial charge in [0, 0.05) is 18.2 Å². The van der Waals surface area contributed by atoms with Crippen LogP contribution in [0.5, 0.6) is 23.0 Å². The first-order chi connectivity index (χ1) is 23.0. The molecule has 4 aromatic rings. The maximum absolute atomic E-state index is 13.2. The van der Waals surface area contributed by atoms with Crippen molar-refractivity contribution in [2.24, 2.45) is 0 Å². The van der Waals surface area contributed by atoms with Crippen LogP contribution >= 0.6 is 0 Å². The van der Waals surface area contributed by atoms with Crippen molar-refractivity contribution in [3.05, 3.63) is 101 Å². The van der Waals surface area contributed by atoms with Gasteiger partial charge in [0.05, 0.1) is 32.4 Å². The summed E-state index contributed by atoms with van der Waals surface area (Å²) in [5.41, 5.74) is 5.32. The van der Waals surface area contributed by atoms with Gasteiger partial charge in [0.15, 0.2) is 23.0 Å². The molecule has 1 fully saturated rings. The van der Waals surface area contributed by atoms with Crippen LogP contribution in [-0.4, -0.2) is 68.6 Å². The first-order valence-corrected chi connectivity index (χ1v) is 15.9. The van der Waals surface area contributed by atoms with Gasteiger partial charge < -0.3 is 23.7 Å². The van der Waals surface area contributed by atoms with Gasteiger partial charge in [0.2, 0.25) is 6.79 Å². The molecule has 4 heterocycles. The molecule has 1 saturated heterocycles. The average molecular weight is 630 g/mol. The fraction of sp³-hybridized carbons (Fsp3) is 0.316. The lowest BCUT2D eigenvalue weighted by atomic mass is 9.73. The van der Waals surface area contributed by atoms with Gasteiger partial charge in [-0.1, -0.05) is 36.4 Å². The molecule has 238 valence electrons. The smallest absolute Gasteiger partial charge is 0.330 e. The highest BCUT2D eigenvalue weighted by Gasteiger charge is 2.54. The molecule has 5 atom stereocenters. The summed E-state index contributed by atoms with van der Waals surface area (Å²) in [7, 11) is 5.36. The lowest BCUT2D eigenvalue weighted by molar-refractivity contribution is -0.143. The summed E-state index contributed by atoms with van der Waals surface area (Å²) < 4.78 is 28.9. The van der Waals surface area contributed by atoms with Gasteiger partial charge in [-0.15, -0.1) is 0 Å². The van der Waals surface area contributed by atoms with Gasteiger partial charge in [-0.05, 0) is 94.9 Å². The molecule has 0 radical (unpaired) electrons. The van der Waals surface area contributed by atoms with Crippen molar-refractivity contribution in [3.8, 4) is 29.1 Å². The quantitative estimate of drug-likeness (QED) is 0.199. The standard InChI is InChI=1S/C38H35N3O6/c1-40-29-13-26-16-35-36(47-21-46-35)18-28(26)38(40)30-14-25-15-33(43-2)34(44-3)17-27(25)32(41(30)31(29)19-39)20-45-37(42)11-9-22-8-10-23-6-4-5-7-24(23)12-22/h4-12,15-18,29-32,38H,13-14,20-21H2,1-3H3/b11-9+/t29-,30-,31-,32-,38+/m0/s1. The van der Waals surface area contributed by atoms with Crippen LogP contribution in [0.3, 0.4) is 0 Å². The predicted octanol–water partition coefficient (Wildman–Crippen LogP) is 5.61. The van der Waals surface area contributed by atoms with Crippen molar-refractivity contribution in [3.63, 3.8) is 0 Å². The summed E-state index contributed by atoms with van der Waals surface area (Å²) in [6, 6.07) is 24.0. The molecule has 0 N–H and O–H groups in total. The number of ether oxygens (including phenoxy) is 5. The fourth-order valence-corrected chi connectivity index (χ4v) is 8.09. The van der Waals surface area contributed by atoms with Crippen molar-refractivity contribution in [1.29, 1.82) is 5.26 Å². The van der Waals surface area contributed by atoms with E-state index in [9.17, 15) is 10.1 Å². The van der Waals surface area contributed by atoms with E-state index in [0.717, 1.165) is 39.0 Å². The molecule has 2 bridgehead atoms. The third-order valence-corrected chi connectivity index (χ3v) is 10.3. The van der Waals surface area contributed by atoms with E-state index in [-0.39, 0.29) is 37.6 Å². The monoisotopic (exact) mass is 629 g/mol. The van der Waals surface area contributed by atoms with E-state index in [1.165, 1.54) is 17.2 Å². The largest absolute Gasteiger partial charge is 0.493 e. The highest BCUT2D eigenvalue weighted by Crippen LogP contribution is 2.52. The lowest BCUT2D eigenvalue weighted by Gasteiger charge is -2.59. The Hall–Kier alpha value is -5.04. The van der Waals surface area contributed by atoms with Crippen molar-refractivity contribution in [2.45, 2.75) is 43.1 Å². The number of likely N-dealkylation sites (N-methyl/N-ethyl adjacent to an activating group) is 1. The first kappa shape index (κ1) is 29.4. The molecule has 4 aliphatic rings. The number of hydrogen-bond acceptors (Lipinski definition) is 9. The van der Waals surface area contributed by atoms with Crippen LogP contribution < -0.4 is 18.9 Å². The average Bonchev–Trinajstić information content (AvgIpc) is 3.55. The second kappa shape index (κ2) is 11.6. The van der Waals surface area contributed by atoms with Gasteiger partial charge in [0.1, 0.15) is 12.6 Å². The Morgan fingerprint density at radius 1 is 0.915 bits per heavy atom. The molecule has 0 unspecified atom stereocenters. The van der Waals surface area contributed by atoms with Crippen molar-refractivity contribution in [1.82, 2.24) is 9.80 Å². The molecular formula is C38H35N3O6. The van der Waals surface area contributed by atoms with Gasteiger partial charge in [-0.25, -0.2) is 4.79 Å². The number of nitriles is 1. The number of fused-ring (bicyclic) bond motifs is 9. The van der Waals surface area contributed by atoms with Crippen molar-refractivity contribution < 1.29 is 28.5 Å². The molecule has 47 heavy (non-hydrogen) atoms. The summed E-state index contributed by atoms with van der Waals surface area (Å²) in [6.07, 6.45) is 4.62. The number of rotatable bonds is 6. The minimum Gasteiger partial charge on any atom is -0.493 e. The second-order valence-corrected chi connectivity index (χ2v) is 12.6. The third kappa shape index (κ3) is 4.87. The highest BCUT2D eigenvalue weighted by molar-refractivity contribution is 5.89. The van der Waals surface area contributed by atoms with E-state index < -0.39 is 12.0 Å². The normalized spacial score (nSPS) is 24.3. The zero-order chi connectivity index (χ0) is 32.2. The van der Waals surface area contributed by atoms with Crippen LogP contribution in [0.2, 0.25) is 0 Å². The summed E-state index contributed by atoms with van der Waals surface area (Å²) in [5, 5.41) is 13.0. The van der Waals surface area contributed by atoms with E-state index >= 15 is 0 Å². The predicted molar refractivity (Wildman–Crippen MR) is 176 cm³/mol. The number of esters is 1. The minimum atomic E-state index is -0.446. The number of carbonyl (C=O) groups excluding carboxylic acids is 1. The SMILES string of the molecule is COc1cc2c(cc1OC)[C@H](COC(=O)/C=C/c1ccc3ccccc3c1)N1[C@@H](C#N)[C@@H]3Cc4cc5c(cc4[C@H]([C@@H]1C2)N3C)OCO5. The van der Waals surface area contributed by atoms with E-state index in [1.54, 1.807) is 20.3 Å². The summed E-state index contributed by atoms with van der Waals surface area (Å²) in [6.45, 7) is 0.283. The van der Waals surface area contributed by atoms with Gasteiger partial charge in [-0.3, -0.25) is 9.80 Å². The summed E-state index contributed by atoms with van der Waals surface area (Å²) in [5.74, 6) is 2.29. The van der Waals surface area contributed by atoms with Gasteiger partial charge in [0.25, 0.3) is 0 Å². The van der Waals surface area contributed by atoms with E-state index in [4.69, 9.17) is 23.7 Å². The maximum atomic E-state index is 13.2. The highest BCUT2D eigenvalue weighted by atomic mass is 16.7. The molecule has 0 amide bonds. The van der Waals surface area contributed by atoms with Gasteiger partial charge >= 0.3 is 5.97 Å². The summed E-state index contributed by atoms with van der Waals surface area (Å²) >= 11 is 0. The zero-order valence-electron chi connectivity index (χ0n) is 26.5. The number of piperazine rings is 1. The molecule has 4 aliphatic heterocycles. The molecule has 4 aromatic carbocycles. The molecule has 0 spiro atoms. The first-order valence-electron chi connectivity index (χ1n) is 15.9. The van der Waals surface area contributed by atoms with Crippen LogP contribution in [0.15, 0.2) is 72.8 Å². The van der Waals surface area contributed by atoms with Gasteiger partial charge in [-0.2, -0.15) is 5.26 Å². The van der Waals surface area contributed by atoms with E-state index in [2.05, 4.69) is 47.2 Å². The van der Waals surface area contributed by atoms with Crippen LogP contribution in [0.25, 0.3) is 16.8 Å². The number of methoxy groups -OCH3 is 2.